The molecule has 0 fully saturated rings. The Labute approximate surface area is 172 Å². The highest BCUT2D eigenvalue weighted by Gasteiger charge is 2.31. The molecule has 4 aromatic rings. The molecule has 0 heterocycles. The number of rotatable bonds is 4. The minimum Gasteiger partial charge on any atom is -0.211 e. The van der Waals surface area contributed by atoms with Gasteiger partial charge >= 0.3 is 0 Å². The number of isocyanates is 2. The highest BCUT2D eigenvalue weighted by molar-refractivity contribution is 6.16. The molecule has 0 saturated carbocycles. The van der Waals surface area contributed by atoms with Crippen LogP contribution in [0, 0.1) is 0 Å². The van der Waals surface area contributed by atoms with Crippen molar-refractivity contribution in [2.45, 2.75) is 0 Å². The summed E-state index contributed by atoms with van der Waals surface area (Å²) in [7, 11) is 0. The van der Waals surface area contributed by atoms with Crippen LogP contribution in [-0.4, -0.2) is 12.2 Å². The van der Waals surface area contributed by atoms with Crippen LogP contribution in [-0.2, 0) is 9.59 Å². The van der Waals surface area contributed by atoms with Crippen LogP contribution in [0.1, 0.15) is 0 Å². The van der Waals surface area contributed by atoms with E-state index in [1.165, 1.54) is 0 Å². The van der Waals surface area contributed by atoms with E-state index in [1.807, 2.05) is 66.7 Å². The fourth-order valence-corrected chi connectivity index (χ4v) is 4.11. The zero-order valence-corrected chi connectivity index (χ0v) is 15.8. The Bertz CT molecular complexity index is 1360. The maximum absolute atomic E-state index is 11.1. The van der Waals surface area contributed by atoms with Crippen LogP contribution in [0.4, 0.5) is 11.4 Å². The Morgan fingerprint density at radius 3 is 1.83 bits per heavy atom. The van der Waals surface area contributed by atoms with Gasteiger partial charge in [-0.05, 0) is 51.6 Å². The van der Waals surface area contributed by atoms with E-state index in [2.05, 4.69) is 16.1 Å². The average molecular weight is 386 g/mol. The monoisotopic (exact) mass is 386 g/mol. The van der Waals surface area contributed by atoms with Crippen LogP contribution in [0.15, 0.2) is 94.9 Å². The normalized spacial score (nSPS) is 10.7. The number of hydrogen-bond donors (Lipinski definition) is 0. The van der Waals surface area contributed by atoms with Gasteiger partial charge in [-0.2, -0.15) is 9.98 Å². The van der Waals surface area contributed by atoms with Gasteiger partial charge in [-0.15, -0.1) is 0 Å². The summed E-state index contributed by atoms with van der Waals surface area (Å²) in [4.78, 5) is 29.4. The molecule has 30 heavy (non-hydrogen) atoms. The number of aliphatic imine (C=N–C) groups is 2. The standard InChI is InChI=1S/C26H14N2O2/c29-15-27-19-12-10-18(11-13-19)24-22(17-6-2-1-3-7-17)14-23(28-16-30)25-20-8-4-5-9-21(20)26(24)25/h1-14H. The third-order valence-corrected chi connectivity index (χ3v) is 5.35. The van der Waals surface area contributed by atoms with Crippen LogP contribution in [0.2, 0.25) is 0 Å². The Morgan fingerprint density at radius 2 is 1.17 bits per heavy atom. The molecule has 0 amide bonds. The van der Waals surface area contributed by atoms with Crippen molar-refractivity contribution in [3.63, 3.8) is 0 Å². The van der Waals surface area contributed by atoms with Gasteiger partial charge in [0.05, 0.1) is 11.4 Å². The molecule has 0 unspecified atom stereocenters. The van der Waals surface area contributed by atoms with Crippen molar-refractivity contribution < 1.29 is 9.59 Å². The number of nitrogens with zero attached hydrogens (tertiary/aromatic N) is 2. The predicted octanol–water partition coefficient (Wildman–Crippen LogP) is 6.60. The van der Waals surface area contributed by atoms with Crippen molar-refractivity contribution in [2.24, 2.45) is 9.98 Å². The fourth-order valence-electron chi connectivity index (χ4n) is 4.11. The van der Waals surface area contributed by atoms with Gasteiger partial charge < -0.3 is 0 Å². The summed E-state index contributed by atoms with van der Waals surface area (Å²) in [5.74, 6) is 0. The SMILES string of the molecule is O=C=Nc1ccc(-c2c(-c3ccccc3)cc(N=C=O)c3c2-c2ccccc2-3)cc1. The Morgan fingerprint density at radius 1 is 0.533 bits per heavy atom. The number of fused-ring (bicyclic) bond motifs is 4. The third-order valence-electron chi connectivity index (χ3n) is 5.35. The van der Waals surface area contributed by atoms with Crippen LogP contribution in [0.25, 0.3) is 44.5 Å². The van der Waals surface area contributed by atoms with Gasteiger partial charge in [0.1, 0.15) is 0 Å². The summed E-state index contributed by atoms with van der Waals surface area (Å²) in [6.45, 7) is 0. The lowest BCUT2D eigenvalue weighted by Gasteiger charge is -2.30. The van der Waals surface area contributed by atoms with Crippen molar-refractivity contribution in [2.75, 3.05) is 0 Å². The van der Waals surface area contributed by atoms with E-state index in [0.29, 0.717) is 11.4 Å². The summed E-state index contributed by atoms with van der Waals surface area (Å²) >= 11 is 0. The van der Waals surface area contributed by atoms with Gasteiger partial charge in [0.25, 0.3) is 0 Å². The summed E-state index contributed by atoms with van der Waals surface area (Å²) in [5.41, 5.74) is 9.43. The average Bonchev–Trinajstić information content (AvgIpc) is 2.78. The van der Waals surface area contributed by atoms with Gasteiger partial charge in [-0.1, -0.05) is 66.7 Å². The van der Waals surface area contributed by atoms with Crippen molar-refractivity contribution in [3.05, 3.63) is 84.9 Å². The highest BCUT2D eigenvalue weighted by atomic mass is 16.1. The Kier molecular flexibility index (Phi) is 4.27. The molecule has 0 N–H and O–H groups in total. The smallest absolute Gasteiger partial charge is 0.211 e. The number of benzene rings is 4. The molecule has 0 aliphatic heterocycles. The van der Waals surface area contributed by atoms with Crippen molar-refractivity contribution in [1.82, 2.24) is 0 Å². The summed E-state index contributed by atoms with van der Waals surface area (Å²) in [5, 5.41) is 0. The first-order valence-electron chi connectivity index (χ1n) is 9.44. The zero-order chi connectivity index (χ0) is 20.5. The van der Waals surface area contributed by atoms with Crippen molar-refractivity contribution in [1.29, 1.82) is 0 Å². The van der Waals surface area contributed by atoms with Crippen LogP contribution in [0.5, 0.6) is 0 Å². The molecular formula is C26H14N2O2. The second kappa shape index (κ2) is 7.23. The minimum atomic E-state index is 0.552. The minimum absolute atomic E-state index is 0.552. The summed E-state index contributed by atoms with van der Waals surface area (Å²) < 4.78 is 0. The van der Waals surface area contributed by atoms with Gasteiger partial charge in [-0.3, -0.25) is 0 Å². The first-order valence-corrected chi connectivity index (χ1v) is 9.44. The fraction of sp³-hybridized carbons (Fsp3) is 0. The lowest BCUT2D eigenvalue weighted by molar-refractivity contribution is 0.564. The highest BCUT2D eigenvalue weighted by Crippen LogP contribution is 2.58. The lowest BCUT2D eigenvalue weighted by Crippen LogP contribution is -2.03. The molecule has 0 spiro atoms. The topological polar surface area (TPSA) is 58.9 Å². The van der Waals surface area contributed by atoms with E-state index in [-0.39, 0.29) is 0 Å². The van der Waals surface area contributed by atoms with E-state index in [4.69, 9.17) is 0 Å². The molecule has 4 nitrogen and oxygen atoms in total. The molecule has 0 bridgehead atoms. The number of hydrogen-bond acceptors (Lipinski definition) is 4. The van der Waals surface area contributed by atoms with Crippen molar-refractivity contribution in [3.8, 4) is 44.5 Å². The van der Waals surface area contributed by atoms with Crippen LogP contribution < -0.4 is 0 Å². The molecule has 0 saturated heterocycles. The maximum atomic E-state index is 11.1. The van der Waals surface area contributed by atoms with E-state index in [1.54, 1.807) is 24.3 Å². The van der Waals surface area contributed by atoms with Gasteiger partial charge in [0, 0.05) is 11.1 Å². The zero-order valence-electron chi connectivity index (χ0n) is 15.8. The van der Waals surface area contributed by atoms with Gasteiger partial charge in [0.15, 0.2) is 0 Å². The number of carbonyl (C=O) groups excluding carboxylic acids is 2. The Balaban J connectivity index is 1.85. The molecule has 0 atom stereocenters. The third kappa shape index (κ3) is 2.73. The molecule has 1 aliphatic rings. The molecule has 4 aromatic carbocycles. The second-order valence-electron chi connectivity index (χ2n) is 6.93. The lowest BCUT2D eigenvalue weighted by atomic mass is 9.73. The van der Waals surface area contributed by atoms with E-state index in [9.17, 15) is 9.59 Å². The molecule has 140 valence electrons. The second-order valence-corrected chi connectivity index (χ2v) is 6.93. The molecular weight excluding hydrogens is 372 g/mol. The van der Waals surface area contributed by atoms with Gasteiger partial charge in [0.2, 0.25) is 12.2 Å². The summed E-state index contributed by atoms with van der Waals surface area (Å²) in [6, 6.07) is 27.5. The first kappa shape index (κ1) is 17.7. The first-order chi connectivity index (χ1) is 14.8. The predicted molar refractivity (Wildman–Crippen MR) is 117 cm³/mol. The molecule has 0 radical (unpaired) electrons. The molecule has 4 heteroatoms. The largest absolute Gasteiger partial charge is 0.240 e. The van der Waals surface area contributed by atoms with E-state index in [0.717, 1.165) is 44.5 Å². The molecule has 0 aromatic heterocycles. The molecule has 5 rings (SSSR count). The Hall–Kier alpha value is -4.36. The van der Waals surface area contributed by atoms with E-state index >= 15 is 0 Å². The summed E-state index contributed by atoms with van der Waals surface area (Å²) in [6.07, 6.45) is 3.27. The quantitative estimate of drug-likeness (QED) is 0.258. The van der Waals surface area contributed by atoms with E-state index < -0.39 is 0 Å². The van der Waals surface area contributed by atoms with Gasteiger partial charge in [-0.25, -0.2) is 9.59 Å². The van der Waals surface area contributed by atoms with Crippen LogP contribution >= 0.6 is 0 Å². The molecule has 1 aliphatic carbocycles. The van der Waals surface area contributed by atoms with Crippen molar-refractivity contribution >= 4 is 23.5 Å². The maximum Gasteiger partial charge on any atom is 0.240 e. The van der Waals surface area contributed by atoms with Crippen LogP contribution in [0.3, 0.4) is 0 Å².